The minimum atomic E-state index is -0.691. The van der Waals surface area contributed by atoms with Crippen molar-refractivity contribution < 1.29 is 9.90 Å². The molecule has 0 fully saturated rings. The van der Waals surface area contributed by atoms with Crippen molar-refractivity contribution in [2.45, 2.75) is 51.4 Å². The average Bonchev–Trinajstić information content (AvgIpc) is 2.08. The Bertz CT molecular complexity index is 158. The standard InChI is InChI=1S/C11H19ClO2/c1-10(12)8-6-4-2-3-5-7-9-11(13)14/h1-9H2,(H,13,14). The predicted octanol–water partition coefficient (Wildman–Crippen LogP) is 3.94. The van der Waals surface area contributed by atoms with Crippen molar-refractivity contribution >= 4 is 17.6 Å². The van der Waals surface area contributed by atoms with Crippen LogP contribution in [0.4, 0.5) is 0 Å². The third-order valence-electron chi connectivity index (χ3n) is 2.09. The van der Waals surface area contributed by atoms with Crippen LogP contribution >= 0.6 is 11.6 Å². The van der Waals surface area contributed by atoms with Crippen LogP contribution in [0.2, 0.25) is 0 Å². The highest BCUT2D eigenvalue weighted by molar-refractivity contribution is 6.29. The first-order valence-corrected chi connectivity index (χ1v) is 5.56. The third kappa shape index (κ3) is 11.5. The summed E-state index contributed by atoms with van der Waals surface area (Å²) in [7, 11) is 0. The van der Waals surface area contributed by atoms with Crippen molar-refractivity contribution in [2.75, 3.05) is 0 Å². The molecule has 0 saturated heterocycles. The van der Waals surface area contributed by atoms with Crippen LogP contribution in [0.1, 0.15) is 51.4 Å². The molecule has 0 unspecified atom stereocenters. The van der Waals surface area contributed by atoms with E-state index in [4.69, 9.17) is 16.7 Å². The molecule has 0 aliphatic heterocycles. The molecular formula is C11H19ClO2. The van der Waals surface area contributed by atoms with E-state index in [1.807, 2.05) is 0 Å². The molecule has 2 nitrogen and oxygen atoms in total. The minimum Gasteiger partial charge on any atom is -0.481 e. The zero-order chi connectivity index (χ0) is 10.8. The number of hydrogen-bond donors (Lipinski definition) is 1. The lowest BCUT2D eigenvalue weighted by Crippen LogP contribution is -1.93. The maximum Gasteiger partial charge on any atom is 0.303 e. The molecule has 0 spiro atoms. The summed E-state index contributed by atoms with van der Waals surface area (Å²) in [6.45, 7) is 3.62. The number of carbonyl (C=O) groups is 1. The number of carboxylic acids is 1. The monoisotopic (exact) mass is 218 g/mol. The van der Waals surface area contributed by atoms with Gasteiger partial charge in [0.15, 0.2) is 0 Å². The summed E-state index contributed by atoms with van der Waals surface area (Å²) >= 11 is 5.62. The summed E-state index contributed by atoms with van der Waals surface area (Å²) < 4.78 is 0. The summed E-state index contributed by atoms with van der Waals surface area (Å²) in [6, 6.07) is 0. The van der Waals surface area contributed by atoms with Crippen LogP contribution in [0.25, 0.3) is 0 Å². The van der Waals surface area contributed by atoms with E-state index in [-0.39, 0.29) is 0 Å². The zero-order valence-corrected chi connectivity index (χ0v) is 9.35. The van der Waals surface area contributed by atoms with Crippen molar-refractivity contribution in [2.24, 2.45) is 0 Å². The van der Waals surface area contributed by atoms with Crippen molar-refractivity contribution in [1.82, 2.24) is 0 Å². The minimum absolute atomic E-state index is 0.304. The van der Waals surface area contributed by atoms with Crippen LogP contribution in [-0.2, 0) is 4.79 Å². The Kier molecular flexibility index (Phi) is 8.75. The molecule has 0 aromatic carbocycles. The largest absolute Gasteiger partial charge is 0.481 e. The maximum absolute atomic E-state index is 10.2. The van der Waals surface area contributed by atoms with E-state index in [0.717, 1.165) is 37.1 Å². The molecule has 0 bridgehead atoms. The molecule has 82 valence electrons. The van der Waals surface area contributed by atoms with Gasteiger partial charge in [-0.2, -0.15) is 0 Å². The predicted molar refractivity (Wildman–Crippen MR) is 59.6 cm³/mol. The van der Waals surface area contributed by atoms with Gasteiger partial charge in [-0.05, 0) is 19.3 Å². The number of aliphatic carboxylic acids is 1. The van der Waals surface area contributed by atoms with Gasteiger partial charge in [0.05, 0.1) is 0 Å². The number of hydrogen-bond acceptors (Lipinski definition) is 1. The molecule has 14 heavy (non-hydrogen) atoms. The van der Waals surface area contributed by atoms with Crippen molar-refractivity contribution in [3.63, 3.8) is 0 Å². The zero-order valence-electron chi connectivity index (χ0n) is 8.60. The van der Waals surface area contributed by atoms with Gasteiger partial charge in [0, 0.05) is 11.5 Å². The Morgan fingerprint density at radius 1 is 1.00 bits per heavy atom. The van der Waals surface area contributed by atoms with Gasteiger partial charge in [-0.15, -0.1) is 0 Å². The van der Waals surface area contributed by atoms with E-state index >= 15 is 0 Å². The average molecular weight is 219 g/mol. The summed E-state index contributed by atoms with van der Waals surface area (Å²) in [5.41, 5.74) is 0. The van der Waals surface area contributed by atoms with E-state index in [1.165, 1.54) is 12.8 Å². The van der Waals surface area contributed by atoms with Crippen LogP contribution < -0.4 is 0 Å². The van der Waals surface area contributed by atoms with Gasteiger partial charge >= 0.3 is 5.97 Å². The normalized spacial score (nSPS) is 10.1. The molecule has 0 amide bonds. The molecule has 1 N–H and O–H groups in total. The van der Waals surface area contributed by atoms with Gasteiger partial charge in [-0.1, -0.05) is 43.9 Å². The van der Waals surface area contributed by atoms with Crippen molar-refractivity contribution in [3.8, 4) is 0 Å². The Morgan fingerprint density at radius 3 is 1.86 bits per heavy atom. The molecule has 0 radical (unpaired) electrons. The second kappa shape index (κ2) is 9.07. The topological polar surface area (TPSA) is 37.3 Å². The van der Waals surface area contributed by atoms with Crippen molar-refractivity contribution in [3.05, 3.63) is 11.6 Å². The lowest BCUT2D eigenvalue weighted by Gasteiger charge is -2.00. The Labute approximate surface area is 91.0 Å². The highest BCUT2D eigenvalue weighted by Crippen LogP contribution is 2.12. The Morgan fingerprint density at radius 2 is 1.43 bits per heavy atom. The smallest absolute Gasteiger partial charge is 0.303 e. The third-order valence-corrected chi connectivity index (χ3v) is 2.28. The molecule has 0 atom stereocenters. The quantitative estimate of drug-likeness (QED) is 0.595. The SMILES string of the molecule is C=C(Cl)CCCCCCCCC(=O)O. The summed E-state index contributed by atoms with van der Waals surface area (Å²) in [5.74, 6) is -0.691. The van der Waals surface area contributed by atoms with Gasteiger partial charge < -0.3 is 5.11 Å². The molecule has 3 heteroatoms. The number of rotatable bonds is 9. The van der Waals surface area contributed by atoms with Gasteiger partial charge in [0.1, 0.15) is 0 Å². The van der Waals surface area contributed by atoms with E-state index in [2.05, 4.69) is 6.58 Å². The molecule has 0 heterocycles. The van der Waals surface area contributed by atoms with E-state index < -0.39 is 5.97 Å². The molecule has 0 saturated carbocycles. The second-order valence-electron chi connectivity index (χ2n) is 3.53. The fourth-order valence-corrected chi connectivity index (χ4v) is 1.43. The molecule has 0 rings (SSSR count). The van der Waals surface area contributed by atoms with Crippen LogP contribution in [0.3, 0.4) is 0 Å². The van der Waals surface area contributed by atoms with Crippen LogP contribution in [0.15, 0.2) is 11.6 Å². The molecule has 0 aliphatic carbocycles. The highest BCUT2D eigenvalue weighted by atomic mass is 35.5. The Hall–Kier alpha value is -0.500. The van der Waals surface area contributed by atoms with E-state index in [1.54, 1.807) is 0 Å². The lowest BCUT2D eigenvalue weighted by atomic mass is 10.1. The number of allylic oxidation sites excluding steroid dienone is 1. The highest BCUT2D eigenvalue weighted by Gasteiger charge is 1.96. The van der Waals surface area contributed by atoms with Crippen LogP contribution in [0, 0.1) is 0 Å². The number of carboxylic acid groups (broad SMARTS) is 1. The first kappa shape index (κ1) is 13.5. The summed E-state index contributed by atoms with van der Waals surface area (Å²) in [6.07, 6.45) is 7.59. The van der Waals surface area contributed by atoms with Crippen LogP contribution in [-0.4, -0.2) is 11.1 Å². The molecule has 0 aromatic rings. The van der Waals surface area contributed by atoms with Gasteiger partial charge in [-0.25, -0.2) is 0 Å². The number of halogens is 1. The molecular weight excluding hydrogens is 200 g/mol. The van der Waals surface area contributed by atoms with E-state index in [9.17, 15) is 4.79 Å². The molecule has 0 aromatic heterocycles. The molecule has 0 aliphatic rings. The van der Waals surface area contributed by atoms with Crippen LogP contribution in [0.5, 0.6) is 0 Å². The summed E-state index contributed by atoms with van der Waals surface area (Å²) in [4.78, 5) is 10.2. The fraction of sp³-hybridized carbons (Fsp3) is 0.727. The second-order valence-corrected chi connectivity index (χ2v) is 4.07. The van der Waals surface area contributed by atoms with Crippen molar-refractivity contribution in [1.29, 1.82) is 0 Å². The number of unbranched alkanes of at least 4 members (excludes halogenated alkanes) is 5. The van der Waals surface area contributed by atoms with Gasteiger partial charge in [0.25, 0.3) is 0 Å². The summed E-state index contributed by atoms with van der Waals surface area (Å²) in [5, 5.41) is 9.12. The van der Waals surface area contributed by atoms with Gasteiger partial charge in [-0.3, -0.25) is 4.79 Å². The lowest BCUT2D eigenvalue weighted by molar-refractivity contribution is -0.137. The van der Waals surface area contributed by atoms with Gasteiger partial charge in [0.2, 0.25) is 0 Å². The maximum atomic E-state index is 10.2. The van der Waals surface area contributed by atoms with E-state index in [0.29, 0.717) is 6.42 Å². The fourth-order valence-electron chi connectivity index (χ4n) is 1.30. The first-order chi connectivity index (χ1) is 6.63. The first-order valence-electron chi connectivity index (χ1n) is 5.18. The Balaban J connectivity index is 2.99.